The molecular weight excluding hydrogens is 114 g/mol. The first-order valence-corrected chi connectivity index (χ1v) is 3.44. The van der Waals surface area contributed by atoms with Crippen molar-refractivity contribution in [2.24, 2.45) is 5.92 Å². The summed E-state index contributed by atoms with van der Waals surface area (Å²) in [6, 6.07) is 0. The Morgan fingerprint density at radius 3 is 2.67 bits per heavy atom. The lowest BCUT2D eigenvalue weighted by Gasteiger charge is -2.01. The Labute approximate surface area is 56.6 Å². The van der Waals surface area contributed by atoms with Crippen LogP contribution in [-0.2, 0) is 4.79 Å². The van der Waals surface area contributed by atoms with Crippen LogP contribution in [0.1, 0.15) is 26.7 Å². The third-order valence-corrected chi connectivity index (χ3v) is 1.19. The Balaban J connectivity index is 2.82. The highest BCUT2D eigenvalue weighted by atomic mass is 16.1. The summed E-state index contributed by atoms with van der Waals surface area (Å²) in [7, 11) is 0. The third-order valence-electron chi connectivity index (χ3n) is 1.19. The van der Waals surface area contributed by atoms with E-state index in [1.54, 1.807) is 0 Å². The van der Waals surface area contributed by atoms with Gasteiger partial charge in [0.1, 0.15) is 0 Å². The second-order valence-corrected chi connectivity index (χ2v) is 2.61. The molecule has 9 heavy (non-hydrogen) atoms. The zero-order valence-corrected chi connectivity index (χ0v) is 6.18. The predicted molar refractivity (Wildman–Crippen MR) is 38.1 cm³/mol. The molecule has 0 radical (unpaired) electrons. The first-order chi connectivity index (χ1) is 4.27. The monoisotopic (exact) mass is 129 g/mol. The van der Waals surface area contributed by atoms with E-state index in [4.69, 9.17) is 0 Å². The van der Waals surface area contributed by atoms with Crippen LogP contribution in [0.2, 0.25) is 0 Å². The van der Waals surface area contributed by atoms with Gasteiger partial charge in [-0.3, -0.25) is 4.79 Å². The van der Waals surface area contributed by atoms with Gasteiger partial charge in [0.25, 0.3) is 0 Å². The van der Waals surface area contributed by atoms with E-state index in [2.05, 4.69) is 19.2 Å². The van der Waals surface area contributed by atoms with E-state index in [1.807, 2.05) is 0 Å². The van der Waals surface area contributed by atoms with Crippen LogP contribution < -0.4 is 5.32 Å². The molecule has 0 unspecified atom stereocenters. The highest BCUT2D eigenvalue weighted by Gasteiger charge is 1.91. The molecule has 0 aromatic rings. The van der Waals surface area contributed by atoms with Crippen LogP contribution in [0.5, 0.6) is 0 Å². The molecule has 0 rings (SSSR count). The van der Waals surface area contributed by atoms with Gasteiger partial charge in [-0.1, -0.05) is 13.8 Å². The molecule has 0 aliphatic rings. The van der Waals surface area contributed by atoms with Gasteiger partial charge in [-0.25, -0.2) is 0 Å². The molecule has 0 fully saturated rings. The quantitative estimate of drug-likeness (QED) is 0.438. The van der Waals surface area contributed by atoms with Gasteiger partial charge in [0, 0.05) is 6.54 Å². The predicted octanol–water partition coefficient (Wildman–Crippen LogP) is 1.17. The van der Waals surface area contributed by atoms with Gasteiger partial charge in [-0.2, -0.15) is 0 Å². The van der Waals surface area contributed by atoms with Crippen molar-refractivity contribution >= 4 is 6.41 Å². The summed E-state index contributed by atoms with van der Waals surface area (Å²) in [5.74, 6) is 0.749. The van der Waals surface area contributed by atoms with Crippen LogP contribution >= 0.6 is 0 Å². The van der Waals surface area contributed by atoms with Gasteiger partial charge in [-0.05, 0) is 18.8 Å². The van der Waals surface area contributed by atoms with E-state index in [0.29, 0.717) is 0 Å². The second-order valence-electron chi connectivity index (χ2n) is 2.61. The third kappa shape index (κ3) is 7.47. The highest BCUT2D eigenvalue weighted by molar-refractivity contribution is 5.45. The molecule has 0 saturated heterocycles. The summed E-state index contributed by atoms with van der Waals surface area (Å²) in [5.41, 5.74) is 0. The molecule has 2 heteroatoms. The number of amides is 1. The van der Waals surface area contributed by atoms with Gasteiger partial charge in [0.05, 0.1) is 0 Å². The number of hydrogen-bond acceptors (Lipinski definition) is 1. The summed E-state index contributed by atoms with van der Waals surface area (Å²) < 4.78 is 0. The Morgan fingerprint density at radius 2 is 2.22 bits per heavy atom. The lowest BCUT2D eigenvalue weighted by molar-refractivity contribution is -0.109. The molecular formula is C7H15NO. The van der Waals surface area contributed by atoms with E-state index in [0.717, 1.165) is 25.3 Å². The molecule has 2 nitrogen and oxygen atoms in total. The fraction of sp³-hybridized carbons (Fsp3) is 0.857. The van der Waals surface area contributed by atoms with Crippen molar-refractivity contribution in [2.75, 3.05) is 6.54 Å². The molecule has 0 aliphatic carbocycles. The fourth-order valence-corrected chi connectivity index (χ4v) is 0.671. The van der Waals surface area contributed by atoms with E-state index >= 15 is 0 Å². The highest BCUT2D eigenvalue weighted by Crippen LogP contribution is 2.00. The van der Waals surface area contributed by atoms with Gasteiger partial charge in [0.2, 0.25) is 6.41 Å². The van der Waals surface area contributed by atoms with Gasteiger partial charge in [0.15, 0.2) is 0 Å². The minimum Gasteiger partial charge on any atom is -0.359 e. The van der Waals surface area contributed by atoms with Crippen molar-refractivity contribution < 1.29 is 4.79 Å². The Morgan fingerprint density at radius 1 is 1.56 bits per heavy atom. The van der Waals surface area contributed by atoms with Crippen LogP contribution in [0.25, 0.3) is 0 Å². The summed E-state index contributed by atoms with van der Waals surface area (Å²) in [5, 5.41) is 2.62. The lowest BCUT2D eigenvalue weighted by atomic mass is 10.1. The van der Waals surface area contributed by atoms with E-state index in [1.165, 1.54) is 6.42 Å². The van der Waals surface area contributed by atoms with Crippen molar-refractivity contribution in [3.8, 4) is 0 Å². The van der Waals surface area contributed by atoms with Crippen molar-refractivity contribution in [2.45, 2.75) is 26.7 Å². The Hall–Kier alpha value is -0.530. The molecule has 0 aliphatic heterocycles. The molecule has 0 spiro atoms. The minimum atomic E-state index is 0.749. The van der Waals surface area contributed by atoms with E-state index in [-0.39, 0.29) is 0 Å². The standard InChI is InChI=1S/C7H15NO/c1-7(2)4-3-5-8-6-9/h6-7H,3-5H2,1-2H3,(H,8,9). The SMILES string of the molecule is CC(C)CCCNC=O. The molecule has 1 amide bonds. The second kappa shape index (κ2) is 5.60. The molecule has 0 heterocycles. The van der Waals surface area contributed by atoms with E-state index < -0.39 is 0 Å². The topological polar surface area (TPSA) is 29.1 Å². The summed E-state index contributed by atoms with van der Waals surface area (Å²) in [6.07, 6.45) is 3.04. The van der Waals surface area contributed by atoms with Crippen LogP contribution in [-0.4, -0.2) is 13.0 Å². The van der Waals surface area contributed by atoms with Crippen molar-refractivity contribution in [1.82, 2.24) is 5.32 Å². The Kier molecular flexibility index (Phi) is 5.27. The summed E-state index contributed by atoms with van der Waals surface area (Å²) in [4.78, 5) is 9.74. The molecule has 1 N–H and O–H groups in total. The maximum Gasteiger partial charge on any atom is 0.207 e. The maximum absolute atomic E-state index is 9.74. The molecule has 0 saturated carbocycles. The van der Waals surface area contributed by atoms with Gasteiger partial charge < -0.3 is 5.32 Å². The maximum atomic E-state index is 9.74. The van der Waals surface area contributed by atoms with Gasteiger partial charge in [-0.15, -0.1) is 0 Å². The van der Waals surface area contributed by atoms with E-state index in [9.17, 15) is 4.79 Å². The normalized spacial score (nSPS) is 9.67. The molecule has 54 valence electrons. The van der Waals surface area contributed by atoms with Crippen molar-refractivity contribution in [3.63, 3.8) is 0 Å². The number of carbonyl (C=O) groups is 1. The van der Waals surface area contributed by atoms with Crippen LogP contribution in [0.15, 0.2) is 0 Å². The average Bonchev–Trinajstić information content (AvgIpc) is 1.80. The fourth-order valence-electron chi connectivity index (χ4n) is 0.671. The minimum absolute atomic E-state index is 0.749. The molecule has 0 atom stereocenters. The zero-order valence-electron chi connectivity index (χ0n) is 6.18. The number of nitrogens with one attached hydrogen (secondary N) is 1. The molecule has 0 aromatic heterocycles. The van der Waals surface area contributed by atoms with Crippen LogP contribution in [0.3, 0.4) is 0 Å². The molecule has 0 aromatic carbocycles. The summed E-state index contributed by atoms with van der Waals surface area (Å²) in [6.45, 7) is 5.18. The lowest BCUT2D eigenvalue weighted by Crippen LogP contribution is -2.12. The zero-order chi connectivity index (χ0) is 7.11. The van der Waals surface area contributed by atoms with Crippen molar-refractivity contribution in [3.05, 3.63) is 0 Å². The number of hydrogen-bond donors (Lipinski definition) is 1. The van der Waals surface area contributed by atoms with Crippen LogP contribution in [0, 0.1) is 5.92 Å². The molecule has 0 bridgehead atoms. The smallest absolute Gasteiger partial charge is 0.207 e. The van der Waals surface area contributed by atoms with Crippen LogP contribution in [0.4, 0.5) is 0 Å². The summed E-state index contributed by atoms with van der Waals surface area (Å²) >= 11 is 0. The Bertz CT molecular complexity index is 71.3. The number of carbonyl (C=O) groups excluding carboxylic acids is 1. The average molecular weight is 129 g/mol. The van der Waals surface area contributed by atoms with Gasteiger partial charge >= 0.3 is 0 Å². The first kappa shape index (κ1) is 8.47. The van der Waals surface area contributed by atoms with Crippen molar-refractivity contribution in [1.29, 1.82) is 0 Å². The largest absolute Gasteiger partial charge is 0.359 e. The first-order valence-electron chi connectivity index (χ1n) is 3.44. The number of rotatable bonds is 5.